The number of aryl methyl sites for hydroxylation is 1. The molecule has 30 heavy (non-hydrogen) atoms. The van der Waals surface area contributed by atoms with Crippen LogP contribution in [0.2, 0.25) is 0 Å². The quantitative estimate of drug-likeness (QED) is 0.401. The molecule has 0 saturated carbocycles. The van der Waals surface area contributed by atoms with Crippen molar-refractivity contribution < 1.29 is 23.9 Å². The minimum Gasteiger partial charge on any atom is -0.481 e. The summed E-state index contributed by atoms with van der Waals surface area (Å²) in [6.45, 7) is 1.70. The highest BCUT2D eigenvalue weighted by atomic mass is 79.9. The van der Waals surface area contributed by atoms with Gasteiger partial charge in [-0.2, -0.15) is 0 Å². The molecular formula is C20H15Br2N3O5. The van der Waals surface area contributed by atoms with Crippen LogP contribution in [-0.2, 0) is 14.4 Å². The maximum absolute atomic E-state index is 12.2. The lowest BCUT2D eigenvalue weighted by Crippen LogP contribution is -2.51. The summed E-state index contributed by atoms with van der Waals surface area (Å²) in [6, 6.07) is 9.76. The molecule has 1 fully saturated rings. The number of urea groups is 1. The predicted octanol–water partition coefficient (Wildman–Crippen LogP) is 3.29. The normalized spacial score (nSPS) is 13.4. The number of carbonyl (C=O) groups is 4. The third-order valence-corrected chi connectivity index (χ3v) is 5.10. The average Bonchev–Trinajstić information content (AvgIpc) is 2.64. The zero-order chi connectivity index (χ0) is 21.8. The minimum atomic E-state index is -0.864. The van der Waals surface area contributed by atoms with E-state index in [1.54, 1.807) is 18.2 Å². The van der Waals surface area contributed by atoms with Gasteiger partial charge in [0.25, 0.3) is 17.7 Å². The van der Waals surface area contributed by atoms with Gasteiger partial charge in [0.1, 0.15) is 11.3 Å². The summed E-state index contributed by atoms with van der Waals surface area (Å²) in [4.78, 5) is 47.0. The number of barbiturate groups is 1. The van der Waals surface area contributed by atoms with Crippen molar-refractivity contribution in [2.24, 2.45) is 0 Å². The molecule has 1 aliphatic rings. The van der Waals surface area contributed by atoms with Crippen LogP contribution < -0.4 is 20.7 Å². The lowest BCUT2D eigenvalue weighted by Gasteiger charge is -2.15. The first-order valence-electron chi connectivity index (χ1n) is 8.59. The maximum Gasteiger partial charge on any atom is 0.328 e. The largest absolute Gasteiger partial charge is 0.481 e. The monoisotopic (exact) mass is 535 g/mol. The highest BCUT2D eigenvalue weighted by Crippen LogP contribution is 2.35. The van der Waals surface area contributed by atoms with Crippen LogP contribution >= 0.6 is 31.9 Å². The van der Waals surface area contributed by atoms with Crippen molar-refractivity contribution in [1.29, 1.82) is 0 Å². The summed E-state index contributed by atoms with van der Waals surface area (Å²) in [7, 11) is 0. The van der Waals surface area contributed by atoms with Gasteiger partial charge >= 0.3 is 6.03 Å². The Morgan fingerprint density at radius 1 is 1.07 bits per heavy atom. The van der Waals surface area contributed by atoms with Crippen LogP contribution in [-0.4, -0.2) is 30.4 Å². The summed E-state index contributed by atoms with van der Waals surface area (Å²) in [6.07, 6.45) is 1.33. The number of carbonyl (C=O) groups excluding carboxylic acids is 4. The lowest BCUT2D eigenvalue weighted by atomic mass is 10.1. The van der Waals surface area contributed by atoms with Crippen LogP contribution in [0.25, 0.3) is 6.08 Å². The Balaban J connectivity index is 1.71. The second kappa shape index (κ2) is 9.23. The molecule has 0 unspecified atom stereocenters. The number of hydrogen-bond acceptors (Lipinski definition) is 5. The molecule has 0 bridgehead atoms. The maximum atomic E-state index is 12.2. The first-order chi connectivity index (χ1) is 14.2. The van der Waals surface area contributed by atoms with E-state index < -0.39 is 17.8 Å². The van der Waals surface area contributed by atoms with E-state index in [9.17, 15) is 19.2 Å². The van der Waals surface area contributed by atoms with Crippen molar-refractivity contribution in [3.05, 3.63) is 62.0 Å². The molecule has 0 aliphatic carbocycles. The van der Waals surface area contributed by atoms with E-state index in [0.29, 0.717) is 25.9 Å². The van der Waals surface area contributed by atoms with Gasteiger partial charge in [-0.15, -0.1) is 0 Å². The lowest BCUT2D eigenvalue weighted by molar-refractivity contribution is -0.124. The second-order valence-electron chi connectivity index (χ2n) is 6.32. The van der Waals surface area contributed by atoms with Crippen LogP contribution in [0.3, 0.4) is 0 Å². The molecule has 0 spiro atoms. The molecular weight excluding hydrogens is 522 g/mol. The minimum absolute atomic E-state index is 0.209. The third-order valence-electron chi connectivity index (χ3n) is 3.92. The van der Waals surface area contributed by atoms with Gasteiger partial charge in [0, 0.05) is 5.69 Å². The fourth-order valence-corrected chi connectivity index (χ4v) is 4.08. The molecule has 3 rings (SSSR count). The Kier molecular flexibility index (Phi) is 6.68. The Hall–Kier alpha value is -2.98. The Bertz CT molecular complexity index is 1050. The van der Waals surface area contributed by atoms with Crippen molar-refractivity contribution in [3.8, 4) is 5.75 Å². The topological polar surface area (TPSA) is 114 Å². The van der Waals surface area contributed by atoms with E-state index in [4.69, 9.17) is 4.74 Å². The number of amides is 5. The SMILES string of the molecule is Cc1cccc(NC(=O)COc2c(Br)cc(C=C3C(=O)NC(=O)NC3=O)cc2Br)c1. The fourth-order valence-electron chi connectivity index (χ4n) is 2.63. The molecule has 10 heteroatoms. The molecule has 1 heterocycles. The zero-order valence-electron chi connectivity index (χ0n) is 15.5. The Labute approximate surface area is 188 Å². The molecule has 1 aliphatic heterocycles. The Morgan fingerprint density at radius 3 is 2.30 bits per heavy atom. The molecule has 3 N–H and O–H groups in total. The van der Waals surface area contributed by atoms with E-state index in [-0.39, 0.29) is 18.1 Å². The average molecular weight is 537 g/mol. The van der Waals surface area contributed by atoms with Crippen molar-refractivity contribution in [2.75, 3.05) is 11.9 Å². The van der Waals surface area contributed by atoms with Gasteiger partial charge in [-0.3, -0.25) is 25.0 Å². The number of anilines is 1. The van der Waals surface area contributed by atoms with Crippen molar-refractivity contribution in [2.45, 2.75) is 6.92 Å². The van der Waals surface area contributed by atoms with Gasteiger partial charge in [-0.05, 0) is 80.3 Å². The van der Waals surface area contributed by atoms with Crippen molar-refractivity contribution in [3.63, 3.8) is 0 Å². The van der Waals surface area contributed by atoms with Gasteiger partial charge < -0.3 is 10.1 Å². The van der Waals surface area contributed by atoms with Crippen LogP contribution in [0, 0.1) is 6.92 Å². The number of hydrogen-bond donors (Lipinski definition) is 3. The molecule has 1 saturated heterocycles. The molecule has 5 amide bonds. The summed E-state index contributed by atoms with van der Waals surface area (Å²) in [5.74, 6) is -1.52. The third kappa shape index (κ3) is 5.33. The van der Waals surface area contributed by atoms with Gasteiger partial charge in [0.2, 0.25) is 0 Å². The van der Waals surface area contributed by atoms with E-state index in [0.717, 1.165) is 5.56 Å². The van der Waals surface area contributed by atoms with Crippen molar-refractivity contribution >= 4 is 67.4 Å². The molecule has 0 atom stereocenters. The smallest absolute Gasteiger partial charge is 0.328 e. The van der Waals surface area contributed by atoms with Gasteiger partial charge in [0.05, 0.1) is 8.95 Å². The molecule has 154 valence electrons. The van der Waals surface area contributed by atoms with E-state index in [1.165, 1.54) is 6.08 Å². The number of ether oxygens (including phenoxy) is 1. The fraction of sp³-hybridized carbons (Fsp3) is 0.100. The zero-order valence-corrected chi connectivity index (χ0v) is 18.7. The number of imide groups is 2. The predicted molar refractivity (Wildman–Crippen MR) is 117 cm³/mol. The molecule has 0 aromatic heterocycles. The van der Waals surface area contributed by atoms with Crippen LogP contribution in [0.1, 0.15) is 11.1 Å². The number of benzene rings is 2. The highest BCUT2D eigenvalue weighted by Gasteiger charge is 2.27. The summed E-state index contributed by atoms with van der Waals surface area (Å²) in [5.41, 5.74) is 1.99. The highest BCUT2D eigenvalue weighted by molar-refractivity contribution is 9.11. The Morgan fingerprint density at radius 2 is 1.70 bits per heavy atom. The van der Waals surface area contributed by atoms with E-state index >= 15 is 0 Å². The summed E-state index contributed by atoms with van der Waals surface area (Å²) < 4.78 is 6.60. The van der Waals surface area contributed by atoms with Gasteiger partial charge in [-0.25, -0.2) is 4.79 Å². The summed E-state index contributed by atoms with van der Waals surface area (Å²) in [5, 5.41) is 6.76. The molecule has 8 nitrogen and oxygen atoms in total. The van der Waals surface area contributed by atoms with Gasteiger partial charge in [0.15, 0.2) is 6.61 Å². The second-order valence-corrected chi connectivity index (χ2v) is 8.02. The summed E-state index contributed by atoms with van der Waals surface area (Å²) >= 11 is 6.72. The molecule has 0 radical (unpaired) electrons. The van der Waals surface area contributed by atoms with E-state index in [2.05, 4.69) is 37.2 Å². The number of halogens is 2. The van der Waals surface area contributed by atoms with Crippen molar-refractivity contribution in [1.82, 2.24) is 10.6 Å². The first kappa shape index (κ1) is 21.7. The standard InChI is InChI=1S/C20H15Br2N3O5/c1-10-3-2-4-12(5-10)23-16(26)9-30-17-14(21)7-11(8-15(17)22)6-13-18(27)24-20(29)25-19(13)28/h2-8H,9H2,1H3,(H,23,26)(H2,24,25,27,28,29). The first-order valence-corrected chi connectivity index (χ1v) is 10.2. The number of rotatable bonds is 5. The van der Waals surface area contributed by atoms with Gasteiger partial charge in [-0.1, -0.05) is 12.1 Å². The van der Waals surface area contributed by atoms with Crippen LogP contribution in [0.4, 0.5) is 10.5 Å². The van der Waals surface area contributed by atoms with E-state index in [1.807, 2.05) is 35.8 Å². The van der Waals surface area contributed by atoms with Crippen LogP contribution in [0.15, 0.2) is 50.9 Å². The molecule has 2 aromatic rings. The molecule has 2 aromatic carbocycles. The van der Waals surface area contributed by atoms with Crippen LogP contribution in [0.5, 0.6) is 5.75 Å². The number of nitrogens with one attached hydrogen (secondary N) is 3.